The zero-order valence-electron chi connectivity index (χ0n) is 15.9. The van der Waals surface area contributed by atoms with Crippen molar-refractivity contribution in [1.82, 2.24) is 14.8 Å². The maximum absolute atomic E-state index is 13.9. The van der Waals surface area contributed by atoms with Gasteiger partial charge in [-0.15, -0.1) is 10.2 Å². The van der Waals surface area contributed by atoms with Gasteiger partial charge in [-0.1, -0.05) is 59.9 Å². The molecule has 4 rings (SSSR count). The smallest absolute Gasteiger partial charge is 0.234 e. The van der Waals surface area contributed by atoms with Gasteiger partial charge in [0.25, 0.3) is 0 Å². The molecule has 1 aliphatic rings. The summed E-state index contributed by atoms with van der Waals surface area (Å²) in [5.74, 6) is -0.119. The van der Waals surface area contributed by atoms with Crippen molar-refractivity contribution >= 4 is 46.6 Å². The van der Waals surface area contributed by atoms with E-state index < -0.39 is 5.82 Å². The van der Waals surface area contributed by atoms with E-state index in [1.54, 1.807) is 0 Å². The Morgan fingerprint density at radius 3 is 2.67 bits per heavy atom. The molecule has 1 N–H and O–H groups in total. The molecule has 9 heteroatoms. The molecule has 1 aromatic heterocycles. The van der Waals surface area contributed by atoms with Gasteiger partial charge in [-0.05, 0) is 43.2 Å². The number of rotatable bonds is 6. The second kappa shape index (κ2) is 9.37. The van der Waals surface area contributed by atoms with E-state index in [2.05, 4.69) is 20.1 Å². The molecular weight excluding hydrogens is 446 g/mol. The number of benzene rings is 2. The highest BCUT2D eigenvalue weighted by molar-refractivity contribution is 7.99. The summed E-state index contributed by atoms with van der Waals surface area (Å²) < 4.78 is 16.0. The molecular formula is C21H19Cl2FN4OS. The Kier molecular flexibility index (Phi) is 6.61. The maximum atomic E-state index is 13.9. The van der Waals surface area contributed by atoms with Crippen LogP contribution >= 0.6 is 35.0 Å². The largest absolute Gasteiger partial charge is 0.323 e. The molecule has 0 radical (unpaired) electrons. The van der Waals surface area contributed by atoms with E-state index in [4.69, 9.17) is 23.2 Å². The molecule has 30 heavy (non-hydrogen) atoms. The molecule has 156 valence electrons. The Bertz CT molecular complexity index is 1070. The van der Waals surface area contributed by atoms with E-state index in [-0.39, 0.29) is 28.4 Å². The fourth-order valence-corrected chi connectivity index (χ4v) is 4.79. The summed E-state index contributed by atoms with van der Waals surface area (Å²) in [5, 5.41) is 12.8. The third-order valence-corrected chi connectivity index (χ3v) is 6.51. The molecule has 3 aromatic rings. The van der Waals surface area contributed by atoms with Gasteiger partial charge in [0, 0.05) is 16.6 Å². The number of nitrogens with one attached hydrogen (secondary N) is 1. The predicted molar refractivity (Wildman–Crippen MR) is 119 cm³/mol. The van der Waals surface area contributed by atoms with Gasteiger partial charge in [0.05, 0.1) is 16.5 Å². The van der Waals surface area contributed by atoms with Crippen molar-refractivity contribution in [2.24, 2.45) is 0 Å². The summed E-state index contributed by atoms with van der Waals surface area (Å²) >= 11 is 13.4. The average Bonchev–Trinajstić information content (AvgIpc) is 3.38. The predicted octanol–water partition coefficient (Wildman–Crippen LogP) is 6.24. The molecule has 0 aliphatic heterocycles. The van der Waals surface area contributed by atoms with Crippen molar-refractivity contribution < 1.29 is 9.18 Å². The van der Waals surface area contributed by atoms with Crippen molar-refractivity contribution in [2.75, 3.05) is 11.1 Å². The van der Waals surface area contributed by atoms with Gasteiger partial charge in [0.1, 0.15) is 5.82 Å². The highest BCUT2D eigenvalue weighted by atomic mass is 35.5. The third-order valence-electron chi connectivity index (χ3n) is 5.01. The average molecular weight is 465 g/mol. The summed E-state index contributed by atoms with van der Waals surface area (Å²) in [6.07, 6.45) is 4.35. The quantitative estimate of drug-likeness (QED) is 0.438. The first kappa shape index (κ1) is 21.2. The number of hydrogen-bond donors (Lipinski definition) is 1. The number of nitrogens with zero attached hydrogens (tertiary/aromatic N) is 3. The Balaban J connectivity index is 1.54. The summed E-state index contributed by atoms with van der Waals surface area (Å²) in [4.78, 5) is 12.4. The second-order valence-corrected chi connectivity index (χ2v) is 8.84. The van der Waals surface area contributed by atoms with Gasteiger partial charge in [0.2, 0.25) is 5.91 Å². The summed E-state index contributed by atoms with van der Waals surface area (Å²) in [6.45, 7) is 0. The number of carbonyl (C=O) groups is 1. The van der Waals surface area contributed by atoms with E-state index in [0.717, 1.165) is 37.3 Å². The van der Waals surface area contributed by atoms with Gasteiger partial charge in [-0.2, -0.15) is 0 Å². The van der Waals surface area contributed by atoms with Gasteiger partial charge >= 0.3 is 0 Å². The van der Waals surface area contributed by atoms with Gasteiger partial charge in [-0.3, -0.25) is 9.36 Å². The minimum Gasteiger partial charge on any atom is -0.323 e. The first-order valence-corrected chi connectivity index (χ1v) is 11.3. The minimum atomic E-state index is -0.573. The fourth-order valence-electron chi connectivity index (χ4n) is 3.60. The maximum Gasteiger partial charge on any atom is 0.234 e. The van der Waals surface area contributed by atoms with Crippen molar-refractivity contribution in [3.8, 4) is 11.4 Å². The van der Waals surface area contributed by atoms with E-state index in [1.807, 2.05) is 24.3 Å². The summed E-state index contributed by atoms with van der Waals surface area (Å²) in [5.41, 5.74) is 0.914. The van der Waals surface area contributed by atoms with Crippen LogP contribution in [0, 0.1) is 5.82 Å². The molecule has 1 fully saturated rings. The van der Waals surface area contributed by atoms with Crippen LogP contribution in [0.25, 0.3) is 11.4 Å². The summed E-state index contributed by atoms with van der Waals surface area (Å²) in [7, 11) is 0. The lowest BCUT2D eigenvalue weighted by molar-refractivity contribution is -0.113. The molecule has 5 nitrogen and oxygen atoms in total. The zero-order valence-corrected chi connectivity index (χ0v) is 18.3. The molecule has 1 heterocycles. The summed E-state index contributed by atoms with van der Waals surface area (Å²) in [6, 6.07) is 11.9. The fraction of sp³-hybridized carbons (Fsp3) is 0.286. The van der Waals surface area contributed by atoms with Crippen LogP contribution in [-0.4, -0.2) is 26.4 Å². The normalized spacial score (nSPS) is 14.2. The van der Waals surface area contributed by atoms with Crippen molar-refractivity contribution in [1.29, 1.82) is 0 Å². The van der Waals surface area contributed by atoms with Crippen LogP contribution < -0.4 is 5.32 Å². The first-order valence-electron chi connectivity index (χ1n) is 9.60. The van der Waals surface area contributed by atoms with E-state index >= 15 is 0 Å². The number of anilines is 1. The molecule has 1 aliphatic carbocycles. The monoisotopic (exact) mass is 464 g/mol. The van der Waals surface area contributed by atoms with Gasteiger partial charge < -0.3 is 5.32 Å². The van der Waals surface area contributed by atoms with Gasteiger partial charge in [0.15, 0.2) is 11.0 Å². The number of thioether (sulfide) groups is 1. The van der Waals surface area contributed by atoms with Crippen LogP contribution in [0.15, 0.2) is 47.6 Å². The molecule has 1 amide bonds. The second-order valence-electron chi connectivity index (χ2n) is 7.06. The van der Waals surface area contributed by atoms with Crippen LogP contribution in [0.1, 0.15) is 31.7 Å². The van der Waals surface area contributed by atoms with Crippen LogP contribution in [0.2, 0.25) is 10.0 Å². The lowest BCUT2D eigenvalue weighted by atomic mass is 10.2. The van der Waals surface area contributed by atoms with Crippen LogP contribution in [0.4, 0.5) is 10.1 Å². The highest BCUT2D eigenvalue weighted by Gasteiger charge is 2.26. The standard InChI is InChI=1S/C21H19Cl2FN4OS/c22-13-9-10-18(17(24)11-13)25-19(29)12-30-21-27-26-20(15-7-3-4-8-16(15)23)28(21)14-5-1-2-6-14/h3-4,7-11,14H,1-2,5-6,12H2,(H,25,29). The minimum absolute atomic E-state index is 0.0788. The lowest BCUT2D eigenvalue weighted by Crippen LogP contribution is -2.16. The molecule has 0 bridgehead atoms. The molecule has 0 saturated heterocycles. The van der Waals surface area contributed by atoms with E-state index in [1.165, 1.54) is 23.9 Å². The van der Waals surface area contributed by atoms with E-state index in [0.29, 0.717) is 16.0 Å². The molecule has 1 saturated carbocycles. The van der Waals surface area contributed by atoms with Gasteiger partial charge in [-0.25, -0.2) is 4.39 Å². The SMILES string of the molecule is O=C(CSc1nnc(-c2ccccc2Cl)n1C1CCCC1)Nc1ccc(Cl)cc1F. The number of carbonyl (C=O) groups excluding carboxylic acids is 1. The van der Waals surface area contributed by atoms with Crippen LogP contribution in [-0.2, 0) is 4.79 Å². The number of halogens is 3. The van der Waals surface area contributed by atoms with Crippen molar-refractivity contribution in [3.05, 3.63) is 58.3 Å². The highest BCUT2D eigenvalue weighted by Crippen LogP contribution is 2.38. The number of amides is 1. The van der Waals surface area contributed by atoms with Crippen molar-refractivity contribution in [3.63, 3.8) is 0 Å². The number of hydrogen-bond acceptors (Lipinski definition) is 4. The Morgan fingerprint density at radius 2 is 1.93 bits per heavy atom. The molecule has 0 spiro atoms. The topological polar surface area (TPSA) is 59.8 Å². The lowest BCUT2D eigenvalue weighted by Gasteiger charge is -2.17. The Hall–Kier alpha value is -2.09. The molecule has 0 atom stereocenters. The molecule has 0 unspecified atom stereocenters. The first-order chi connectivity index (χ1) is 14.5. The van der Waals surface area contributed by atoms with E-state index in [9.17, 15) is 9.18 Å². The Morgan fingerprint density at radius 1 is 1.17 bits per heavy atom. The van der Waals surface area contributed by atoms with Crippen LogP contribution in [0.5, 0.6) is 0 Å². The third kappa shape index (κ3) is 4.63. The van der Waals surface area contributed by atoms with Crippen LogP contribution in [0.3, 0.4) is 0 Å². The Labute approximate surface area is 188 Å². The zero-order chi connectivity index (χ0) is 21.1. The molecule has 2 aromatic carbocycles. The van der Waals surface area contributed by atoms with Crippen molar-refractivity contribution in [2.45, 2.75) is 36.9 Å². The number of aromatic nitrogens is 3.